The molecule has 18 heavy (non-hydrogen) atoms. The number of pyridine rings is 1. The Morgan fingerprint density at radius 3 is 2.89 bits per heavy atom. The molecule has 1 unspecified atom stereocenters. The number of rotatable bonds is 4. The number of thiazole rings is 1. The number of aromatic nitrogens is 2. The predicted molar refractivity (Wildman–Crippen MR) is 71.8 cm³/mol. The fourth-order valence-electron chi connectivity index (χ4n) is 1.49. The minimum absolute atomic E-state index is 0.113. The van der Waals surface area contributed by atoms with Crippen LogP contribution in [0.1, 0.15) is 28.5 Å². The van der Waals surface area contributed by atoms with Gasteiger partial charge in [-0.3, -0.25) is 9.78 Å². The molecule has 6 heteroatoms. The monoisotopic (exact) mass is 262 g/mol. The Balaban J connectivity index is 2.07. The van der Waals surface area contributed by atoms with Gasteiger partial charge in [0.2, 0.25) is 0 Å². The van der Waals surface area contributed by atoms with Crippen LogP contribution in [-0.2, 0) is 0 Å². The summed E-state index contributed by atoms with van der Waals surface area (Å²) in [5.74, 6) is -0.199. The normalized spacial score (nSPS) is 11.9. The molecule has 2 heterocycles. The van der Waals surface area contributed by atoms with Gasteiger partial charge in [0.1, 0.15) is 10.7 Å². The highest BCUT2D eigenvalue weighted by Crippen LogP contribution is 2.15. The maximum atomic E-state index is 12.0. The standard InChI is InChI=1S/C12H14N4OS/c1-8(12-15-5-6-18-12)16-11(17)10-7-9(13-2)3-4-14-10/h3-8H,1-2H3,(H,13,14)(H,16,17). The summed E-state index contributed by atoms with van der Waals surface area (Å²) in [6.45, 7) is 1.90. The first-order valence-corrected chi connectivity index (χ1v) is 6.42. The Bertz CT molecular complexity index is 527. The van der Waals surface area contributed by atoms with Gasteiger partial charge in [-0.25, -0.2) is 4.98 Å². The molecule has 0 radical (unpaired) electrons. The molecule has 0 aliphatic heterocycles. The lowest BCUT2D eigenvalue weighted by Gasteiger charge is -2.11. The van der Waals surface area contributed by atoms with Crippen LogP contribution in [-0.4, -0.2) is 22.9 Å². The van der Waals surface area contributed by atoms with E-state index in [1.165, 1.54) is 11.3 Å². The highest BCUT2D eigenvalue weighted by Gasteiger charge is 2.14. The lowest BCUT2D eigenvalue weighted by molar-refractivity contribution is 0.0935. The Morgan fingerprint density at radius 1 is 1.39 bits per heavy atom. The molecule has 0 fully saturated rings. The molecule has 0 spiro atoms. The summed E-state index contributed by atoms with van der Waals surface area (Å²) in [6, 6.07) is 3.41. The van der Waals surface area contributed by atoms with Crippen LogP contribution in [0, 0.1) is 0 Å². The van der Waals surface area contributed by atoms with Crippen molar-refractivity contribution in [1.29, 1.82) is 0 Å². The molecule has 0 bridgehead atoms. The number of anilines is 1. The van der Waals surface area contributed by atoms with E-state index in [9.17, 15) is 4.79 Å². The van der Waals surface area contributed by atoms with Crippen LogP contribution in [0.5, 0.6) is 0 Å². The number of hydrogen-bond acceptors (Lipinski definition) is 5. The third-order valence-electron chi connectivity index (χ3n) is 2.45. The summed E-state index contributed by atoms with van der Waals surface area (Å²) in [6.07, 6.45) is 3.33. The molecule has 1 amide bonds. The quantitative estimate of drug-likeness (QED) is 0.885. The first-order valence-electron chi connectivity index (χ1n) is 5.54. The third kappa shape index (κ3) is 2.84. The highest BCUT2D eigenvalue weighted by molar-refractivity contribution is 7.09. The SMILES string of the molecule is CNc1ccnc(C(=O)NC(C)c2nccs2)c1. The Labute approximate surface area is 109 Å². The van der Waals surface area contributed by atoms with Crippen molar-refractivity contribution in [2.45, 2.75) is 13.0 Å². The molecule has 0 aromatic carbocycles. The fraction of sp³-hybridized carbons (Fsp3) is 0.250. The van der Waals surface area contributed by atoms with Crippen molar-refractivity contribution in [1.82, 2.24) is 15.3 Å². The average Bonchev–Trinajstić information content (AvgIpc) is 2.92. The van der Waals surface area contributed by atoms with Crippen LogP contribution >= 0.6 is 11.3 Å². The zero-order valence-corrected chi connectivity index (χ0v) is 11.0. The molecular weight excluding hydrogens is 248 g/mol. The topological polar surface area (TPSA) is 66.9 Å². The largest absolute Gasteiger partial charge is 0.388 e. The van der Waals surface area contributed by atoms with E-state index in [1.807, 2.05) is 12.3 Å². The average molecular weight is 262 g/mol. The minimum atomic E-state index is -0.199. The van der Waals surface area contributed by atoms with Crippen molar-refractivity contribution < 1.29 is 4.79 Å². The molecular formula is C12H14N4OS. The summed E-state index contributed by atoms with van der Waals surface area (Å²) in [7, 11) is 1.80. The van der Waals surface area contributed by atoms with Gasteiger partial charge in [-0.15, -0.1) is 11.3 Å². The van der Waals surface area contributed by atoms with E-state index in [0.717, 1.165) is 10.7 Å². The Morgan fingerprint density at radius 2 is 2.22 bits per heavy atom. The van der Waals surface area contributed by atoms with Crippen molar-refractivity contribution in [2.24, 2.45) is 0 Å². The van der Waals surface area contributed by atoms with Gasteiger partial charge in [0, 0.05) is 30.5 Å². The molecule has 2 N–H and O–H groups in total. The second kappa shape index (κ2) is 5.59. The van der Waals surface area contributed by atoms with Crippen LogP contribution in [0.25, 0.3) is 0 Å². The predicted octanol–water partition coefficient (Wildman–Crippen LogP) is 2.07. The summed E-state index contributed by atoms with van der Waals surface area (Å²) < 4.78 is 0. The van der Waals surface area contributed by atoms with Crippen LogP contribution < -0.4 is 10.6 Å². The third-order valence-corrected chi connectivity index (χ3v) is 3.41. The van der Waals surface area contributed by atoms with Gasteiger partial charge in [0.15, 0.2) is 0 Å². The maximum Gasteiger partial charge on any atom is 0.270 e. The van der Waals surface area contributed by atoms with E-state index >= 15 is 0 Å². The van der Waals surface area contributed by atoms with Gasteiger partial charge < -0.3 is 10.6 Å². The van der Waals surface area contributed by atoms with Gasteiger partial charge >= 0.3 is 0 Å². The smallest absolute Gasteiger partial charge is 0.270 e. The van der Waals surface area contributed by atoms with Crippen molar-refractivity contribution in [2.75, 3.05) is 12.4 Å². The molecule has 2 aromatic heterocycles. The van der Waals surface area contributed by atoms with E-state index in [-0.39, 0.29) is 11.9 Å². The Kier molecular flexibility index (Phi) is 3.88. The van der Waals surface area contributed by atoms with E-state index in [0.29, 0.717) is 5.69 Å². The van der Waals surface area contributed by atoms with Crippen molar-refractivity contribution in [3.05, 3.63) is 40.6 Å². The van der Waals surface area contributed by atoms with Crippen LogP contribution in [0.4, 0.5) is 5.69 Å². The molecule has 0 saturated heterocycles. The zero-order chi connectivity index (χ0) is 13.0. The molecule has 2 rings (SSSR count). The van der Waals surface area contributed by atoms with Crippen molar-refractivity contribution >= 4 is 22.9 Å². The first-order chi connectivity index (χ1) is 8.70. The van der Waals surface area contributed by atoms with Crippen molar-refractivity contribution in [3.63, 3.8) is 0 Å². The molecule has 5 nitrogen and oxygen atoms in total. The van der Waals surface area contributed by atoms with Crippen LogP contribution in [0.2, 0.25) is 0 Å². The first kappa shape index (κ1) is 12.5. The fourth-order valence-corrected chi connectivity index (χ4v) is 2.14. The summed E-state index contributed by atoms with van der Waals surface area (Å²) >= 11 is 1.52. The molecule has 0 aliphatic carbocycles. The number of amides is 1. The van der Waals surface area contributed by atoms with Gasteiger partial charge in [-0.2, -0.15) is 0 Å². The van der Waals surface area contributed by atoms with E-state index in [1.54, 1.807) is 31.6 Å². The summed E-state index contributed by atoms with van der Waals surface area (Å²) in [5.41, 5.74) is 1.25. The maximum absolute atomic E-state index is 12.0. The molecule has 0 saturated carbocycles. The summed E-state index contributed by atoms with van der Waals surface area (Å²) in [4.78, 5) is 20.2. The Hall–Kier alpha value is -1.95. The number of nitrogens with zero attached hydrogens (tertiary/aromatic N) is 2. The zero-order valence-electron chi connectivity index (χ0n) is 10.2. The van der Waals surface area contributed by atoms with E-state index < -0.39 is 0 Å². The van der Waals surface area contributed by atoms with Crippen molar-refractivity contribution in [3.8, 4) is 0 Å². The van der Waals surface area contributed by atoms with Gasteiger partial charge in [0.05, 0.1) is 6.04 Å². The van der Waals surface area contributed by atoms with E-state index in [2.05, 4.69) is 20.6 Å². The second-order valence-corrected chi connectivity index (χ2v) is 4.67. The van der Waals surface area contributed by atoms with Gasteiger partial charge in [0.25, 0.3) is 5.91 Å². The van der Waals surface area contributed by atoms with E-state index in [4.69, 9.17) is 0 Å². The summed E-state index contributed by atoms with van der Waals surface area (Å²) in [5, 5.41) is 8.61. The van der Waals surface area contributed by atoms with Gasteiger partial charge in [-0.1, -0.05) is 0 Å². The second-order valence-electron chi connectivity index (χ2n) is 3.75. The van der Waals surface area contributed by atoms with Crippen LogP contribution in [0.15, 0.2) is 29.9 Å². The van der Waals surface area contributed by atoms with Crippen LogP contribution in [0.3, 0.4) is 0 Å². The molecule has 0 aliphatic rings. The lowest BCUT2D eigenvalue weighted by Crippen LogP contribution is -2.27. The number of hydrogen-bond donors (Lipinski definition) is 2. The molecule has 1 atom stereocenters. The minimum Gasteiger partial charge on any atom is -0.388 e. The number of carbonyl (C=O) groups is 1. The lowest BCUT2D eigenvalue weighted by atomic mass is 10.2. The van der Waals surface area contributed by atoms with Gasteiger partial charge in [-0.05, 0) is 19.1 Å². The number of carbonyl (C=O) groups excluding carboxylic acids is 1. The highest BCUT2D eigenvalue weighted by atomic mass is 32.1. The molecule has 94 valence electrons. The number of nitrogens with one attached hydrogen (secondary N) is 2. The molecule has 2 aromatic rings.